The van der Waals surface area contributed by atoms with Gasteiger partial charge in [0.2, 0.25) is 0 Å². The molecule has 0 spiro atoms. The molecule has 0 N–H and O–H groups in total. The van der Waals surface area contributed by atoms with E-state index in [1.165, 1.54) is 0 Å². The van der Waals surface area contributed by atoms with E-state index in [0.717, 1.165) is 6.42 Å². The van der Waals surface area contributed by atoms with Crippen molar-refractivity contribution in [2.24, 2.45) is 0 Å². The molecule has 0 saturated carbocycles. The monoisotopic (exact) mass is 190 g/mol. The Kier molecular flexibility index (Phi) is 3.67. The fraction of sp³-hybridized carbons (Fsp3) is 0.417. The average molecular weight is 190 g/mol. The van der Waals surface area contributed by atoms with Gasteiger partial charge in [0, 0.05) is 0 Å². The predicted octanol–water partition coefficient (Wildman–Crippen LogP) is 1.87. The van der Waals surface area contributed by atoms with E-state index in [1.807, 2.05) is 6.92 Å². The molecule has 0 amide bonds. The van der Waals surface area contributed by atoms with Crippen LogP contribution in [0.15, 0.2) is 24.3 Å². The lowest BCUT2D eigenvalue weighted by Gasteiger charge is -2.26. The van der Waals surface area contributed by atoms with Crippen molar-refractivity contribution in [2.45, 2.75) is 25.9 Å². The number of rotatable bonds is 3. The van der Waals surface area contributed by atoms with Crippen LogP contribution in [0.5, 0.6) is 0 Å². The predicted molar refractivity (Wildman–Crippen MR) is 55.7 cm³/mol. The summed E-state index contributed by atoms with van der Waals surface area (Å²) in [5.74, 6) is 5.62. The molecule has 0 atom stereocenters. The van der Waals surface area contributed by atoms with Gasteiger partial charge in [-0.05, 0) is 37.6 Å². The molecule has 0 aromatic rings. The SMILES string of the molecule is CC#CCOC1(CC)C=CC(=O)C=C1. The maximum absolute atomic E-state index is 10.9. The number of ketones is 1. The standard InChI is InChI=1S/C12H14O2/c1-3-5-10-14-12(4-2)8-6-11(13)7-9-12/h6-9H,4,10H2,1-2H3. The summed E-state index contributed by atoms with van der Waals surface area (Å²) >= 11 is 0. The zero-order valence-corrected chi connectivity index (χ0v) is 8.54. The first-order valence-electron chi connectivity index (χ1n) is 4.68. The Morgan fingerprint density at radius 2 is 2.07 bits per heavy atom. The van der Waals surface area contributed by atoms with Crippen molar-refractivity contribution in [3.05, 3.63) is 24.3 Å². The molecule has 14 heavy (non-hydrogen) atoms. The third kappa shape index (κ3) is 2.58. The average Bonchev–Trinajstić information content (AvgIpc) is 2.22. The maximum atomic E-state index is 10.9. The zero-order valence-electron chi connectivity index (χ0n) is 8.54. The molecular weight excluding hydrogens is 176 g/mol. The molecule has 1 aliphatic carbocycles. The zero-order chi connectivity index (χ0) is 10.4. The Hall–Kier alpha value is -1.33. The normalized spacial score (nSPS) is 17.7. The largest absolute Gasteiger partial charge is 0.354 e. The van der Waals surface area contributed by atoms with Gasteiger partial charge in [-0.2, -0.15) is 0 Å². The molecule has 2 heteroatoms. The Labute approximate surface area is 84.6 Å². The minimum atomic E-state index is -0.433. The van der Waals surface area contributed by atoms with Crippen LogP contribution in [0.3, 0.4) is 0 Å². The highest BCUT2D eigenvalue weighted by Gasteiger charge is 2.24. The molecule has 0 heterocycles. The summed E-state index contributed by atoms with van der Waals surface area (Å²) in [6.07, 6.45) is 7.49. The summed E-state index contributed by atoms with van der Waals surface area (Å²) in [5, 5.41) is 0. The van der Waals surface area contributed by atoms with Gasteiger partial charge in [-0.15, -0.1) is 5.92 Å². The van der Waals surface area contributed by atoms with Gasteiger partial charge in [0.1, 0.15) is 12.2 Å². The second kappa shape index (κ2) is 4.78. The summed E-state index contributed by atoms with van der Waals surface area (Å²) < 4.78 is 5.61. The maximum Gasteiger partial charge on any atom is 0.178 e. The van der Waals surface area contributed by atoms with Crippen molar-refractivity contribution in [1.82, 2.24) is 0 Å². The third-order valence-corrected chi connectivity index (χ3v) is 2.20. The van der Waals surface area contributed by atoms with E-state index in [4.69, 9.17) is 4.74 Å². The molecule has 0 saturated heterocycles. The van der Waals surface area contributed by atoms with Crippen molar-refractivity contribution in [1.29, 1.82) is 0 Å². The van der Waals surface area contributed by atoms with E-state index in [-0.39, 0.29) is 5.78 Å². The lowest BCUT2D eigenvalue weighted by molar-refractivity contribution is -0.110. The topological polar surface area (TPSA) is 26.3 Å². The van der Waals surface area contributed by atoms with Gasteiger partial charge in [0.25, 0.3) is 0 Å². The van der Waals surface area contributed by atoms with Crippen LogP contribution in [-0.4, -0.2) is 18.0 Å². The summed E-state index contributed by atoms with van der Waals surface area (Å²) in [7, 11) is 0. The van der Waals surface area contributed by atoms with Crippen LogP contribution in [0.25, 0.3) is 0 Å². The molecule has 0 fully saturated rings. The van der Waals surface area contributed by atoms with E-state index in [9.17, 15) is 4.79 Å². The molecule has 0 aromatic heterocycles. The lowest BCUT2D eigenvalue weighted by Crippen LogP contribution is -2.29. The molecule has 1 rings (SSSR count). The number of carbonyl (C=O) groups excluding carboxylic acids is 1. The molecule has 0 aromatic carbocycles. The van der Waals surface area contributed by atoms with Crippen LogP contribution in [0.4, 0.5) is 0 Å². The summed E-state index contributed by atoms with van der Waals surface area (Å²) in [6, 6.07) is 0. The van der Waals surface area contributed by atoms with Gasteiger partial charge in [-0.25, -0.2) is 0 Å². The Morgan fingerprint density at radius 1 is 1.43 bits per heavy atom. The first-order chi connectivity index (χ1) is 6.72. The number of carbonyl (C=O) groups is 1. The Morgan fingerprint density at radius 3 is 2.57 bits per heavy atom. The van der Waals surface area contributed by atoms with Crippen molar-refractivity contribution < 1.29 is 9.53 Å². The number of allylic oxidation sites excluding steroid dienone is 2. The van der Waals surface area contributed by atoms with E-state index in [1.54, 1.807) is 31.2 Å². The van der Waals surface area contributed by atoms with Crippen LogP contribution in [-0.2, 0) is 9.53 Å². The molecule has 0 unspecified atom stereocenters. The second-order valence-corrected chi connectivity index (χ2v) is 3.09. The molecule has 0 aliphatic heterocycles. The van der Waals surface area contributed by atoms with Crippen LogP contribution in [0.1, 0.15) is 20.3 Å². The number of hydrogen-bond acceptors (Lipinski definition) is 2. The second-order valence-electron chi connectivity index (χ2n) is 3.09. The van der Waals surface area contributed by atoms with Crippen molar-refractivity contribution in [3.63, 3.8) is 0 Å². The van der Waals surface area contributed by atoms with Crippen LogP contribution >= 0.6 is 0 Å². The van der Waals surface area contributed by atoms with Crippen LogP contribution in [0.2, 0.25) is 0 Å². The van der Waals surface area contributed by atoms with Gasteiger partial charge in [0.15, 0.2) is 5.78 Å². The highest BCUT2D eigenvalue weighted by Crippen LogP contribution is 2.22. The minimum Gasteiger partial charge on any atom is -0.354 e. The fourth-order valence-corrected chi connectivity index (χ4v) is 1.23. The molecule has 2 nitrogen and oxygen atoms in total. The summed E-state index contributed by atoms with van der Waals surface area (Å²) in [6.45, 7) is 4.19. The van der Waals surface area contributed by atoms with Gasteiger partial charge < -0.3 is 4.74 Å². The molecule has 0 bridgehead atoms. The van der Waals surface area contributed by atoms with Crippen molar-refractivity contribution in [3.8, 4) is 11.8 Å². The third-order valence-electron chi connectivity index (χ3n) is 2.20. The van der Waals surface area contributed by atoms with Gasteiger partial charge >= 0.3 is 0 Å². The van der Waals surface area contributed by atoms with E-state index in [0.29, 0.717) is 6.61 Å². The molecule has 0 radical (unpaired) electrons. The van der Waals surface area contributed by atoms with E-state index in [2.05, 4.69) is 11.8 Å². The molecule has 74 valence electrons. The number of ether oxygens (including phenoxy) is 1. The summed E-state index contributed by atoms with van der Waals surface area (Å²) in [4.78, 5) is 10.9. The highest BCUT2D eigenvalue weighted by molar-refractivity contribution is 6.00. The molecular formula is C12H14O2. The smallest absolute Gasteiger partial charge is 0.178 e. The quantitative estimate of drug-likeness (QED) is 0.635. The number of hydrogen-bond donors (Lipinski definition) is 0. The van der Waals surface area contributed by atoms with E-state index >= 15 is 0 Å². The van der Waals surface area contributed by atoms with Gasteiger partial charge in [-0.3, -0.25) is 4.79 Å². The van der Waals surface area contributed by atoms with Crippen molar-refractivity contribution in [2.75, 3.05) is 6.61 Å². The molecule has 1 aliphatic rings. The van der Waals surface area contributed by atoms with Crippen LogP contribution < -0.4 is 0 Å². The lowest BCUT2D eigenvalue weighted by atomic mass is 9.94. The first kappa shape index (κ1) is 10.7. The van der Waals surface area contributed by atoms with Crippen molar-refractivity contribution >= 4 is 5.78 Å². The highest BCUT2D eigenvalue weighted by atomic mass is 16.5. The van der Waals surface area contributed by atoms with Gasteiger partial charge in [0.05, 0.1) is 0 Å². The minimum absolute atomic E-state index is 0.0132. The van der Waals surface area contributed by atoms with Gasteiger partial charge in [-0.1, -0.05) is 12.8 Å². The summed E-state index contributed by atoms with van der Waals surface area (Å²) in [5.41, 5.74) is -0.433. The van der Waals surface area contributed by atoms with E-state index < -0.39 is 5.60 Å². The fourth-order valence-electron chi connectivity index (χ4n) is 1.23. The first-order valence-corrected chi connectivity index (χ1v) is 4.68. The Bertz CT molecular complexity index is 310. The Balaban J connectivity index is 2.66. The van der Waals surface area contributed by atoms with Crippen LogP contribution in [0, 0.1) is 11.8 Å².